The van der Waals surface area contributed by atoms with Gasteiger partial charge in [0.2, 0.25) is 0 Å². The maximum atomic E-state index is 12.9. The lowest BCUT2D eigenvalue weighted by Gasteiger charge is -2.27. The molecule has 1 saturated heterocycles. The van der Waals surface area contributed by atoms with Gasteiger partial charge >= 0.3 is 0 Å². The van der Waals surface area contributed by atoms with Gasteiger partial charge in [-0.25, -0.2) is 0 Å². The smallest absolute Gasteiger partial charge is 0.295 e. The number of amides is 1. The highest BCUT2D eigenvalue weighted by atomic mass is 16.5. The number of aliphatic hydroxyl groups excluding tert-OH is 2. The summed E-state index contributed by atoms with van der Waals surface area (Å²) < 4.78 is 10.7. The Balaban J connectivity index is 2.24. The molecular formula is C22H23NO6. The van der Waals surface area contributed by atoms with Crippen LogP contribution in [0, 0.1) is 0 Å². The van der Waals surface area contributed by atoms with E-state index in [2.05, 4.69) is 0 Å². The summed E-state index contributed by atoms with van der Waals surface area (Å²) in [7, 11) is 2.99. The number of ether oxygens (including phenoxy) is 2. The normalized spacial score (nSPS) is 19.3. The van der Waals surface area contributed by atoms with E-state index in [0.717, 1.165) is 0 Å². The fourth-order valence-electron chi connectivity index (χ4n) is 3.47. The number of benzene rings is 2. The minimum Gasteiger partial charge on any atom is -0.507 e. The van der Waals surface area contributed by atoms with Crippen LogP contribution >= 0.6 is 0 Å². The topological polar surface area (TPSA) is 96.3 Å². The first kappa shape index (κ1) is 20.4. The van der Waals surface area contributed by atoms with Crippen LogP contribution in [0.3, 0.4) is 0 Å². The van der Waals surface area contributed by atoms with Gasteiger partial charge in [0.1, 0.15) is 17.3 Å². The van der Waals surface area contributed by atoms with Crippen molar-refractivity contribution in [2.45, 2.75) is 19.1 Å². The maximum Gasteiger partial charge on any atom is 0.295 e. The van der Waals surface area contributed by atoms with Crippen LogP contribution in [0.1, 0.15) is 24.1 Å². The largest absolute Gasteiger partial charge is 0.507 e. The van der Waals surface area contributed by atoms with E-state index in [0.29, 0.717) is 22.6 Å². The van der Waals surface area contributed by atoms with Crippen molar-refractivity contribution in [1.29, 1.82) is 0 Å². The summed E-state index contributed by atoms with van der Waals surface area (Å²) in [5, 5.41) is 20.8. The number of rotatable bonds is 6. The molecule has 0 aromatic heterocycles. The van der Waals surface area contributed by atoms with Crippen molar-refractivity contribution in [3.63, 3.8) is 0 Å². The first-order chi connectivity index (χ1) is 13.9. The highest BCUT2D eigenvalue weighted by molar-refractivity contribution is 6.46. The van der Waals surface area contributed by atoms with Gasteiger partial charge in [-0.05, 0) is 19.1 Å². The van der Waals surface area contributed by atoms with Gasteiger partial charge in [0.15, 0.2) is 0 Å². The number of aliphatic hydroxyl groups is 2. The molecule has 2 aromatic rings. The lowest BCUT2D eigenvalue weighted by atomic mass is 9.94. The molecule has 2 aromatic carbocycles. The number of Topliss-reactive ketones (excluding diaryl/α,β-unsaturated/α-hetero) is 1. The molecule has 0 aliphatic carbocycles. The van der Waals surface area contributed by atoms with E-state index in [-0.39, 0.29) is 17.9 Å². The average Bonchev–Trinajstić information content (AvgIpc) is 2.97. The van der Waals surface area contributed by atoms with Gasteiger partial charge in [-0.3, -0.25) is 9.59 Å². The third-order valence-corrected chi connectivity index (χ3v) is 4.78. The van der Waals surface area contributed by atoms with E-state index in [1.807, 2.05) is 0 Å². The zero-order chi connectivity index (χ0) is 21.1. The predicted molar refractivity (Wildman–Crippen MR) is 107 cm³/mol. The molecule has 0 unspecified atom stereocenters. The lowest BCUT2D eigenvalue weighted by Crippen LogP contribution is -2.35. The van der Waals surface area contributed by atoms with Gasteiger partial charge in [-0.2, -0.15) is 0 Å². The number of β-amino-alcohol motifs (C(OH)–C–C–N with tert-alkyl or cyclic N) is 1. The summed E-state index contributed by atoms with van der Waals surface area (Å²) in [5.41, 5.74) is 0.871. The lowest BCUT2D eigenvalue weighted by molar-refractivity contribution is -0.140. The van der Waals surface area contributed by atoms with Crippen LogP contribution in [0.2, 0.25) is 0 Å². The Bertz CT molecular complexity index is 951. The van der Waals surface area contributed by atoms with Crippen LogP contribution in [-0.4, -0.2) is 53.7 Å². The number of methoxy groups -OCH3 is 2. The van der Waals surface area contributed by atoms with E-state index in [4.69, 9.17) is 9.47 Å². The summed E-state index contributed by atoms with van der Waals surface area (Å²) in [5.74, 6) is -0.937. The molecule has 3 rings (SSSR count). The van der Waals surface area contributed by atoms with Crippen LogP contribution in [0.5, 0.6) is 11.5 Å². The van der Waals surface area contributed by atoms with E-state index >= 15 is 0 Å². The van der Waals surface area contributed by atoms with Crippen molar-refractivity contribution in [3.8, 4) is 11.5 Å². The summed E-state index contributed by atoms with van der Waals surface area (Å²) in [4.78, 5) is 26.9. The quantitative estimate of drug-likeness (QED) is 0.442. The Hall–Kier alpha value is -3.32. The molecule has 1 aliphatic heterocycles. The Morgan fingerprint density at radius 3 is 2.38 bits per heavy atom. The fourth-order valence-corrected chi connectivity index (χ4v) is 3.47. The average molecular weight is 397 g/mol. The summed E-state index contributed by atoms with van der Waals surface area (Å²) in [6.45, 7) is 1.45. The van der Waals surface area contributed by atoms with E-state index in [1.165, 1.54) is 26.0 Å². The van der Waals surface area contributed by atoms with Gasteiger partial charge < -0.3 is 24.6 Å². The number of likely N-dealkylation sites (tertiary alicyclic amines) is 1. The molecule has 7 nitrogen and oxygen atoms in total. The second kappa shape index (κ2) is 8.36. The second-order valence-electron chi connectivity index (χ2n) is 6.77. The Labute approximate surface area is 168 Å². The summed E-state index contributed by atoms with van der Waals surface area (Å²) in [6.07, 6.45) is -0.864. The van der Waals surface area contributed by atoms with E-state index in [1.54, 1.807) is 48.5 Å². The van der Waals surface area contributed by atoms with Crippen LogP contribution in [0.4, 0.5) is 0 Å². The van der Waals surface area contributed by atoms with Gasteiger partial charge in [-0.15, -0.1) is 0 Å². The molecule has 1 aliphatic rings. The highest BCUT2D eigenvalue weighted by Gasteiger charge is 2.47. The molecule has 1 amide bonds. The molecule has 1 heterocycles. The Morgan fingerprint density at radius 1 is 1.10 bits per heavy atom. The van der Waals surface area contributed by atoms with Gasteiger partial charge in [0.05, 0.1) is 31.9 Å². The van der Waals surface area contributed by atoms with Crippen molar-refractivity contribution in [1.82, 2.24) is 4.90 Å². The van der Waals surface area contributed by atoms with E-state index < -0.39 is 23.8 Å². The number of carbonyl (C=O) groups is 2. The third-order valence-electron chi connectivity index (χ3n) is 4.78. The Morgan fingerprint density at radius 2 is 1.79 bits per heavy atom. The molecule has 152 valence electrons. The molecule has 7 heteroatoms. The molecule has 0 saturated carbocycles. The number of nitrogens with zero attached hydrogens (tertiary/aromatic N) is 1. The SMILES string of the molecule is COc1ccc([C@@H]2C(=C(O)c3ccccc3)C(=O)C(=O)N2C[C@H](C)O)c(OC)c1. The molecule has 1 fully saturated rings. The number of hydrogen-bond donors (Lipinski definition) is 2. The maximum absolute atomic E-state index is 12.9. The van der Waals surface area contributed by atoms with Gasteiger partial charge in [0, 0.05) is 23.7 Å². The van der Waals surface area contributed by atoms with Crippen LogP contribution in [-0.2, 0) is 9.59 Å². The van der Waals surface area contributed by atoms with Crippen LogP contribution in [0.25, 0.3) is 5.76 Å². The van der Waals surface area contributed by atoms with Crippen LogP contribution < -0.4 is 9.47 Å². The zero-order valence-electron chi connectivity index (χ0n) is 16.5. The minimum absolute atomic E-state index is 0.0506. The first-order valence-electron chi connectivity index (χ1n) is 9.12. The summed E-state index contributed by atoms with van der Waals surface area (Å²) >= 11 is 0. The molecule has 29 heavy (non-hydrogen) atoms. The van der Waals surface area contributed by atoms with Crippen molar-refractivity contribution in [3.05, 3.63) is 65.2 Å². The minimum atomic E-state index is -0.911. The van der Waals surface area contributed by atoms with Gasteiger partial charge in [0.25, 0.3) is 11.7 Å². The zero-order valence-corrected chi connectivity index (χ0v) is 16.5. The molecule has 0 radical (unpaired) electrons. The molecule has 2 N–H and O–H groups in total. The number of ketones is 1. The van der Waals surface area contributed by atoms with Crippen molar-refractivity contribution in [2.24, 2.45) is 0 Å². The van der Waals surface area contributed by atoms with Gasteiger partial charge in [-0.1, -0.05) is 30.3 Å². The summed E-state index contributed by atoms with van der Waals surface area (Å²) in [6, 6.07) is 12.6. The standard InChI is InChI=1S/C22H23NO6/c1-13(24)12-23-19(16-10-9-15(28-2)11-17(16)29-3)18(21(26)22(23)27)20(25)14-7-5-4-6-8-14/h4-11,13,19,24-25H,12H2,1-3H3/t13-,19+/m0/s1. The number of hydrogen-bond acceptors (Lipinski definition) is 6. The van der Waals surface area contributed by atoms with Crippen molar-refractivity contribution in [2.75, 3.05) is 20.8 Å². The molecule has 2 atom stereocenters. The monoisotopic (exact) mass is 397 g/mol. The second-order valence-corrected chi connectivity index (χ2v) is 6.77. The molecule has 0 spiro atoms. The van der Waals surface area contributed by atoms with E-state index in [9.17, 15) is 19.8 Å². The van der Waals surface area contributed by atoms with Crippen molar-refractivity contribution < 1.29 is 29.3 Å². The first-order valence-corrected chi connectivity index (χ1v) is 9.12. The highest BCUT2D eigenvalue weighted by Crippen LogP contribution is 2.43. The fraction of sp³-hybridized carbons (Fsp3) is 0.273. The Kier molecular flexibility index (Phi) is 5.89. The van der Waals surface area contributed by atoms with Crippen LogP contribution in [0.15, 0.2) is 54.1 Å². The molecular weight excluding hydrogens is 374 g/mol. The third kappa shape index (κ3) is 3.82. The van der Waals surface area contributed by atoms with Crippen molar-refractivity contribution >= 4 is 17.4 Å². The molecule has 0 bridgehead atoms. The number of carbonyl (C=O) groups excluding carboxylic acids is 2. The predicted octanol–water partition coefficient (Wildman–Crippen LogP) is 2.51.